The smallest absolute Gasteiger partial charge is 0.328 e. The van der Waals surface area contributed by atoms with Crippen molar-refractivity contribution in [2.45, 2.75) is 25.4 Å². The first-order valence-electron chi connectivity index (χ1n) is 6.06. The third kappa shape index (κ3) is 2.53. The van der Waals surface area contributed by atoms with E-state index in [1.807, 2.05) is 31.2 Å². The van der Waals surface area contributed by atoms with Crippen LogP contribution < -0.4 is 10.2 Å². The highest BCUT2D eigenvalue weighted by molar-refractivity contribution is 5.96. The highest BCUT2D eigenvalue weighted by atomic mass is 16.4. The Hall–Kier alpha value is -2.08. The van der Waals surface area contributed by atoms with E-state index in [4.69, 9.17) is 10.2 Å². The van der Waals surface area contributed by atoms with Crippen molar-refractivity contribution in [2.24, 2.45) is 0 Å². The number of urea groups is 1. The molecule has 0 spiro atoms. The average Bonchev–Trinajstić information content (AvgIpc) is 2.71. The van der Waals surface area contributed by atoms with Crippen molar-refractivity contribution in [1.82, 2.24) is 5.32 Å². The molecule has 1 aromatic rings. The van der Waals surface area contributed by atoms with Gasteiger partial charge in [0.15, 0.2) is 6.04 Å². The molecule has 0 aliphatic carbocycles. The molecule has 1 aliphatic rings. The quantitative estimate of drug-likeness (QED) is 0.745. The fourth-order valence-electron chi connectivity index (χ4n) is 2.28. The van der Waals surface area contributed by atoms with Crippen LogP contribution in [-0.2, 0) is 11.2 Å². The summed E-state index contributed by atoms with van der Waals surface area (Å²) in [6.07, 6.45) is 0.737. The van der Waals surface area contributed by atoms with Gasteiger partial charge in [-0.2, -0.15) is 0 Å². The molecule has 0 bridgehead atoms. The number of fused-ring (bicyclic) bond motifs is 1. The molecule has 2 atom stereocenters. The molecule has 0 aromatic heterocycles. The second kappa shape index (κ2) is 5.27. The minimum atomic E-state index is -1.28. The zero-order valence-electron chi connectivity index (χ0n) is 10.5. The van der Waals surface area contributed by atoms with Crippen LogP contribution in [0.15, 0.2) is 24.3 Å². The topological polar surface area (TPSA) is 89.9 Å². The van der Waals surface area contributed by atoms with Gasteiger partial charge in [-0.1, -0.05) is 18.2 Å². The molecule has 2 unspecified atom stereocenters. The fraction of sp³-hybridized carbons (Fsp3) is 0.385. The van der Waals surface area contributed by atoms with Crippen molar-refractivity contribution < 1.29 is 19.8 Å². The molecule has 1 aliphatic heterocycles. The van der Waals surface area contributed by atoms with E-state index in [-0.39, 0.29) is 6.04 Å². The zero-order valence-corrected chi connectivity index (χ0v) is 10.5. The number of nitrogens with zero attached hydrogens (tertiary/aromatic N) is 1. The molecule has 19 heavy (non-hydrogen) atoms. The van der Waals surface area contributed by atoms with Gasteiger partial charge in [0.05, 0.1) is 6.61 Å². The number of aliphatic hydroxyl groups is 1. The van der Waals surface area contributed by atoms with Crippen LogP contribution in [-0.4, -0.2) is 40.9 Å². The lowest BCUT2D eigenvalue weighted by molar-refractivity contribution is -0.140. The van der Waals surface area contributed by atoms with Crippen LogP contribution in [0.1, 0.15) is 12.5 Å². The molecular formula is C13H16N2O4. The number of anilines is 1. The van der Waals surface area contributed by atoms with Crippen molar-refractivity contribution in [3.63, 3.8) is 0 Å². The van der Waals surface area contributed by atoms with E-state index in [0.717, 1.165) is 17.7 Å². The van der Waals surface area contributed by atoms with E-state index in [1.165, 1.54) is 4.90 Å². The minimum absolute atomic E-state index is 0.0365. The van der Waals surface area contributed by atoms with Crippen molar-refractivity contribution in [2.75, 3.05) is 11.5 Å². The van der Waals surface area contributed by atoms with Gasteiger partial charge in [0, 0.05) is 11.7 Å². The third-order valence-corrected chi connectivity index (χ3v) is 3.20. The zero-order chi connectivity index (χ0) is 14.0. The maximum absolute atomic E-state index is 12.1. The Bertz CT molecular complexity index is 503. The highest BCUT2D eigenvalue weighted by Crippen LogP contribution is 2.31. The Balaban J connectivity index is 2.18. The molecule has 102 valence electrons. The van der Waals surface area contributed by atoms with Crippen LogP contribution in [0.3, 0.4) is 0 Å². The second-order valence-corrected chi connectivity index (χ2v) is 4.57. The number of carbonyl (C=O) groups is 2. The van der Waals surface area contributed by atoms with Gasteiger partial charge in [-0.15, -0.1) is 0 Å². The van der Waals surface area contributed by atoms with E-state index in [9.17, 15) is 9.59 Å². The number of amides is 2. The van der Waals surface area contributed by atoms with E-state index < -0.39 is 24.6 Å². The third-order valence-electron chi connectivity index (χ3n) is 3.20. The largest absolute Gasteiger partial charge is 0.480 e. The summed E-state index contributed by atoms with van der Waals surface area (Å²) < 4.78 is 0. The first kappa shape index (κ1) is 13.4. The molecule has 0 fully saturated rings. The van der Waals surface area contributed by atoms with Crippen molar-refractivity contribution >= 4 is 17.7 Å². The molecule has 0 saturated carbocycles. The number of para-hydroxylation sites is 1. The number of nitrogens with one attached hydrogen (secondary N) is 1. The van der Waals surface area contributed by atoms with Gasteiger partial charge in [-0.3, -0.25) is 4.90 Å². The number of benzene rings is 1. The summed E-state index contributed by atoms with van der Waals surface area (Å²) >= 11 is 0. The summed E-state index contributed by atoms with van der Waals surface area (Å²) in [5, 5.41) is 20.1. The van der Waals surface area contributed by atoms with Crippen molar-refractivity contribution in [3.05, 3.63) is 29.8 Å². The lowest BCUT2D eigenvalue weighted by atomic mass is 10.1. The first-order valence-corrected chi connectivity index (χ1v) is 6.06. The van der Waals surface area contributed by atoms with Gasteiger partial charge < -0.3 is 15.5 Å². The summed E-state index contributed by atoms with van der Waals surface area (Å²) in [5.41, 5.74) is 1.84. The fourth-order valence-corrected chi connectivity index (χ4v) is 2.28. The lowest BCUT2D eigenvalue weighted by Crippen LogP contribution is -2.51. The number of aliphatic carboxylic acids is 1. The molecule has 1 heterocycles. The van der Waals surface area contributed by atoms with Crippen LogP contribution in [0.5, 0.6) is 0 Å². The number of carboxylic acid groups (broad SMARTS) is 1. The summed E-state index contributed by atoms with van der Waals surface area (Å²) in [4.78, 5) is 24.5. The molecule has 1 aromatic carbocycles. The van der Waals surface area contributed by atoms with Gasteiger partial charge in [0.25, 0.3) is 0 Å². The summed E-state index contributed by atoms with van der Waals surface area (Å²) in [6, 6.07) is 5.68. The van der Waals surface area contributed by atoms with Crippen molar-refractivity contribution in [3.8, 4) is 0 Å². The summed E-state index contributed by atoms with van der Waals surface area (Å²) in [5.74, 6) is -1.25. The van der Waals surface area contributed by atoms with E-state index >= 15 is 0 Å². The highest BCUT2D eigenvalue weighted by Gasteiger charge is 2.32. The van der Waals surface area contributed by atoms with Crippen LogP contribution in [0.2, 0.25) is 0 Å². The summed E-state index contributed by atoms with van der Waals surface area (Å²) in [7, 11) is 0. The molecule has 0 radical (unpaired) electrons. The maximum Gasteiger partial charge on any atom is 0.328 e. The molecule has 6 heteroatoms. The second-order valence-electron chi connectivity index (χ2n) is 4.57. The number of aliphatic hydroxyl groups excluding tert-OH is 1. The van der Waals surface area contributed by atoms with Crippen molar-refractivity contribution in [1.29, 1.82) is 0 Å². The standard InChI is InChI=1S/C13H16N2O4/c1-8-6-9-4-2-3-5-11(9)15(8)13(19)14-10(7-16)12(17)18/h2-5,8,10,16H,6-7H2,1H3,(H,14,19)(H,17,18). The molecule has 2 amide bonds. The van der Waals surface area contributed by atoms with E-state index in [0.29, 0.717) is 0 Å². The molecule has 0 saturated heterocycles. The number of hydrogen-bond acceptors (Lipinski definition) is 3. The Morgan fingerprint density at radius 2 is 2.16 bits per heavy atom. The average molecular weight is 264 g/mol. The number of carboxylic acids is 1. The first-order chi connectivity index (χ1) is 9.04. The Morgan fingerprint density at radius 1 is 1.47 bits per heavy atom. The normalized spacial score (nSPS) is 18.8. The van der Waals surface area contributed by atoms with Gasteiger partial charge in [-0.25, -0.2) is 9.59 Å². The number of hydrogen-bond donors (Lipinski definition) is 3. The molecule has 6 nitrogen and oxygen atoms in total. The Morgan fingerprint density at radius 3 is 2.79 bits per heavy atom. The SMILES string of the molecule is CC1Cc2ccccc2N1C(=O)NC(CO)C(=O)O. The van der Waals surface area contributed by atoms with Crippen LogP contribution in [0, 0.1) is 0 Å². The number of carbonyl (C=O) groups excluding carboxylic acids is 1. The summed E-state index contributed by atoms with van der Waals surface area (Å²) in [6.45, 7) is 1.26. The molecule has 3 N–H and O–H groups in total. The van der Waals surface area contributed by atoms with Crippen LogP contribution in [0.25, 0.3) is 0 Å². The van der Waals surface area contributed by atoms with Gasteiger partial charge in [-0.05, 0) is 25.0 Å². The van der Waals surface area contributed by atoms with Gasteiger partial charge in [0.2, 0.25) is 0 Å². The van der Waals surface area contributed by atoms with Crippen LogP contribution >= 0.6 is 0 Å². The van der Waals surface area contributed by atoms with Crippen LogP contribution in [0.4, 0.5) is 10.5 Å². The number of rotatable bonds is 3. The Kier molecular flexibility index (Phi) is 3.71. The predicted molar refractivity (Wildman–Crippen MR) is 69.1 cm³/mol. The monoisotopic (exact) mass is 264 g/mol. The van der Waals surface area contributed by atoms with E-state index in [2.05, 4.69) is 5.32 Å². The molecule has 2 rings (SSSR count). The van der Waals surface area contributed by atoms with E-state index in [1.54, 1.807) is 0 Å². The lowest BCUT2D eigenvalue weighted by Gasteiger charge is -2.24. The van der Waals surface area contributed by atoms with Gasteiger partial charge >= 0.3 is 12.0 Å². The Labute approximate surface area is 110 Å². The minimum Gasteiger partial charge on any atom is -0.480 e. The molecular weight excluding hydrogens is 248 g/mol. The predicted octanol–water partition coefficient (Wildman–Crippen LogP) is 0.593. The van der Waals surface area contributed by atoms with Gasteiger partial charge in [0.1, 0.15) is 0 Å². The maximum atomic E-state index is 12.1.